The Morgan fingerprint density at radius 2 is 1.91 bits per heavy atom. The molecule has 0 heterocycles. The van der Waals surface area contributed by atoms with E-state index in [0.717, 1.165) is 24.0 Å². The lowest BCUT2D eigenvalue weighted by Crippen LogP contribution is -2.28. The van der Waals surface area contributed by atoms with Gasteiger partial charge in [0.25, 0.3) is 5.91 Å². The van der Waals surface area contributed by atoms with Gasteiger partial charge >= 0.3 is 0 Å². The third kappa shape index (κ3) is 4.85. The van der Waals surface area contributed by atoms with Gasteiger partial charge in [0.1, 0.15) is 5.76 Å². The third-order valence-corrected chi connectivity index (χ3v) is 3.69. The SMILES string of the molecule is COC1=CCCC=C1C(=O)NC/C(=C\C(C)C)c1ccccc1. The molecule has 0 aromatic heterocycles. The Morgan fingerprint density at radius 1 is 1.22 bits per heavy atom. The number of rotatable bonds is 6. The minimum absolute atomic E-state index is 0.0802. The zero-order chi connectivity index (χ0) is 16.7. The number of ether oxygens (including phenoxy) is 1. The zero-order valence-electron chi connectivity index (χ0n) is 14.1. The van der Waals surface area contributed by atoms with E-state index in [1.54, 1.807) is 7.11 Å². The molecule has 0 radical (unpaired) electrons. The second-order valence-electron chi connectivity index (χ2n) is 5.95. The molecule has 1 aliphatic carbocycles. The minimum Gasteiger partial charge on any atom is -0.496 e. The van der Waals surface area contributed by atoms with Gasteiger partial charge in [0.05, 0.1) is 12.7 Å². The molecule has 1 aromatic rings. The summed E-state index contributed by atoms with van der Waals surface area (Å²) in [5.41, 5.74) is 2.91. The number of hydrogen-bond donors (Lipinski definition) is 1. The number of hydrogen-bond acceptors (Lipinski definition) is 2. The zero-order valence-corrected chi connectivity index (χ0v) is 14.1. The smallest absolute Gasteiger partial charge is 0.254 e. The molecule has 0 saturated carbocycles. The van der Waals surface area contributed by atoms with Crippen molar-refractivity contribution in [1.29, 1.82) is 0 Å². The van der Waals surface area contributed by atoms with Crippen LogP contribution in [0.3, 0.4) is 0 Å². The van der Waals surface area contributed by atoms with Crippen LogP contribution in [0.25, 0.3) is 5.57 Å². The molecule has 0 atom stereocenters. The molecular weight excluding hydrogens is 286 g/mol. The maximum Gasteiger partial charge on any atom is 0.254 e. The van der Waals surface area contributed by atoms with Crippen molar-refractivity contribution in [3.63, 3.8) is 0 Å². The van der Waals surface area contributed by atoms with Gasteiger partial charge in [-0.1, -0.05) is 56.3 Å². The summed E-state index contributed by atoms with van der Waals surface area (Å²) in [4.78, 5) is 12.5. The highest BCUT2D eigenvalue weighted by atomic mass is 16.5. The van der Waals surface area contributed by atoms with Gasteiger partial charge in [0.2, 0.25) is 0 Å². The van der Waals surface area contributed by atoms with Crippen molar-refractivity contribution in [2.75, 3.05) is 13.7 Å². The van der Waals surface area contributed by atoms with E-state index >= 15 is 0 Å². The Morgan fingerprint density at radius 3 is 2.57 bits per heavy atom. The van der Waals surface area contributed by atoms with E-state index in [2.05, 4.69) is 37.4 Å². The fourth-order valence-corrected chi connectivity index (χ4v) is 2.63. The minimum atomic E-state index is -0.0802. The van der Waals surface area contributed by atoms with E-state index < -0.39 is 0 Å². The second kappa shape index (κ2) is 8.37. The number of benzene rings is 1. The predicted molar refractivity (Wildman–Crippen MR) is 94.7 cm³/mol. The molecule has 0 spiro atoms. The van der Waals surface area contributed by atoms with Crippen molar-refractivity contribution in [2.45, 2.75) is 26.7 Å². The molecule has 1 amide bonds. The van der Waals surface area contributed by atoms with Crippen LogP contribution in [0.2, 0.25) is 0 Å². The lowest BCUT2D eigenvalue weighted by molar-refractivity contribution is -0.117. The Labute approximate surface area is 138 Å². The lowest BCUT2D eigenvalue weighted by atomic mass is 10.0. The van der Waals surface area contributed by atoms with Gasteiger partial charge in [-0.2, -0.15) is 0 Å². The van der Waals surface area contributed by atoms with Crippen LogP contribution >= 0.6 is 0 Å². The maximum atomic E-state index is 12.5. The molecule has 0 bridgehead atoms. The molecule has 1 aromatic carbocycles. The standard InChI is InChI=1S/C20H25NO2/c1-15(2)13-17(16-9-5-4-6-10-16)14-21-20(22)18-11-7-8-12-19(18)23-3/h4-6,9-13,15H,7-8,14H2,1-3H3,(H,21,22)/b17-13+. The highest BCUT2D eigenvalue weighted by Gasteiger charge is 2.17. The second-order valence-corrected chi connectivity index (χ2v) is 5.95. The fourth-order valence-electron chi connectivity index (χ4n) is 2.63. The number of carbonyl (C=O) groups is 1. The van der Waals surface area contributed by atoms with Crippen molar-refractivity contribution in [3.05, 3.63) is 65.5 Å². The summed E-state index contributed by atoms with van der Waals surface area (Å²) in [7, 11) is 1.60. The first-order valence-electron chi connectivity index (χ1n) is 8.10. The van der Waals surface area contributed by atoms with Crippen molar-refractivity contribution in [1.82, 2.24) is 5.32 Å². The van der Waals surface area contributed by atoms with Gasteiger partial charge in [0.15, 0.2) is 0 Å². The number of carbonyl (C=O) groups excluding carboxylic acids is 1. The Balaban J connectivity index is 2.09. The van der Waals surface area contributed by atoms with Gasteiger partial charge in [-0.15, -0.1) is 0 Å². The molecule has 3 nitrogen and oxygen atoms in total. The van der Waals surface area contributed by atoms with Crippen LogP contribution in [0.4, 0.5) is 0 Å². The van der Waals surface area contributed by atoms with Crippen molar-refractivity contribution >= 4 is 11.5 Å². The largest absolute Gasteiger partial charge is 0.496 e. The predicted octanol–water partition coefficient (Wildman–Crippen LogP) is 4.09. The molecular formula is C20H25NO2. The summed E-state index contributed by atoms with van der Waals surface area (Å²) in [6.45, 7) is 4.79. The number of nitrogens with one attached hydrogen (secondary N) is 1. The third-order valence-electron chi connectivity index (χ3n) is 3.69. The van der Waals surface area contributed by atoms with E-state index in [1.807, 2.05) is 30.4 Å². The molecule has 1 aliphatic rings. The first-order valence-corrected chi connectivity index (χ1v) is 8.10. The van der Waals surface area contributed by atoms with E-state index in [-0.39, 0.29) is 5.91 Å². The first-order chi connectivity index (χ1) is 11.1. The van der Waals surface area contributed by atoms with Crippen molar-refractivity contribution in [2.24, 2.45) is 5.92 Å². The summed E-state index contributed by atoms with van der Waals surface area (Å²) in [5.74, 6) is 1.01. The van der Waals surface area contributed by atoms with Crippen molar-refractivity contribution < 1.29 is 9.53 Å². The molecule has 2 rings (SSSR count). The fraction of sp³-hybridized carbons (Fsp3) is 0.350. The Kier molecular flexibility index (Phi) is 6.21. The van der Waals surface area contributed by atoms with E-state index in [0.29, 0.717) is 23.8 Å². The quantitative estimate of drug-likeness (QED) is 0.859. The molecule has 3 heteroatoms. The van der Waals surface area contributed by atoms with Crippen LogP contribution in [0.15, 0.2) is 59.9 Å². The molecule has 23 heavy (non-hydrogen) atoms. The molecule has 122 valence electrons. The highest BCUT2D eigenvalue weighted by Crippen LogP contribution is 2.20. The van der Waals surface area contributed by atoms with E-state index in [4.69, 9.17) is 4.74 Å². The number of methoxy groups -OCH3 is 1. The molecule has 1 N–H and O–H groups in total. The van der Waals surface area contributed by atoms with Crippen LogP contribution in [-0.4, -0.2) is 19.6 Å². The van der Waals surface area contributed by atoms with Gasteiger partial charge in [-0.3, -0.25) is 4.79 Å². The number of allylic oxidation sites excluding steroid dienone is 3. The van der Waals surface area contributed by atoms with Gasteiger partial charge in [-0.25, -0.2) is 0 Å². The average molecular weight is 311 g/mol. The van der Waals surface area contributed by atoms with Gasteiger partial charge in [-0.05, 0) is 36.0 Å². The van der Waals surface area contributed by atoms with Crippen LogP contribution < -0.4 is 5.32 Å². The molecule has 0 saturated heterocycles. The molecule has 0 aliphatic heterocycles. The topological polar surface area (TPSA) is 38.3 Å². The molecule has 0 unspecified atom stereocenters. The van der Waals surface area contributed by atoms with Crippen LogP contribution in [0.1, 0.15) is 32.3 Å². The Hall–Kier alpha value is -2.29. The Bertz CT molecular complexity index is 624. The molecule has 0 fully saturated rings. The normalized spacial score (nSPS) is 15.0. The number of amides is 1. The van der Waals surface area contributed by atoms with Gasteiger partial charge in [0, 0.05) is 6.54 Å². The summed E-state index contributed by atoms with van der Waals surface area (Å²) < 4.78 is 5.30. The summed E-state index contributed by atoms with van der Waals surface area (Å²) in [5, 5.41) is 3.02. The monoisotopic (exact) mass is 311 g/mol. The lowest BCUT2D eigenvalue weighted by Gasteiger charge is -2.16. The van der Waals surface area contributed by atoms with Crippen LogP contribution in [0, 0.1) is 5.92 Å². The van der Waals surface area contributed by atoms with Gasteiger partial charge < -0.3 is 10.1 Å². The van der Waals surface area contributed by atoms with Crippen molar-refractivity contribution in [3.8, 4) is 0 Å². The van der Waals surface area contributed by atoms with Crippen LogP contribution in [0.5, 0.6) is 0 Å². The van der Waals surface area contributed by atoms with E-state index in [9.17, 15) is 4.79 Å². The summed E-state index contributed by atoms with van der Waals surface area (Å²) in [6, 6.07) is 10.2. The maximum absolute atomic E-state index is 12.5. The highest BCUT2D eigenvalue weighted by molar-refractivity contribution is 5.98. The van der Waals surface area contributed by atoms with E-state index in [1.165, 1.54) is 0 Å². The summed E-state index contributed by atoms with van der Waals surface area (Å²) in [6.07, 6.45) is 7.91. The van der Waals surface area contributed by atoms with Crippen LogP contribution in [-0.2, 0) is 9.53 Å². The summed E-state index contributed by atoms with van der Waals surface area (Å²) >= 11 is 0. The average Bonchev–Trinajstić information content (AvgIpc) is 2.58. The first kappa shape index (κ1) is 17.1.